The monoisotopic (exact) mass is 507 g/mol. The molecule has 2 atom stereocenters. The quantitative estimate of drug-likeness (QED) is 0.621. The average Bonchev–Trinajstić information content (AvgIpc) is 2.87. The van der Waals surface area contributed by atoms with Crippen LogP contribution in [0.1, 0.15) is 44.5 Å². The number of nitrogens with zero attached hydrogens (tertiary/aromatic N) is 1. The maximum Gasteiger partial charge on any atom is 0.411 e. The second-order valence-electron chi connectivity index (χ2n) is 7.94. The van der Waals surface area contributed by atoms with Gasteiger partial charge < -0.3 is 15.8 Å². The summed E-state index contributed by atoms with van der Waals surface area (Å²) in [6.07, 6.45) is -1.44. The summed E-state index contributed by atoms with van der Waals surface area (Å²) < 4.78 is 33.8. The minimum Gasteiger partial charge on any atom is -0.444 e. The fourth-order valence-electron chi connectivity index (χ4n) is 2.77. The van der Waals surface area contributed by atoms with Crippen molar-refractivity contribution < 1.29 is 27.9 Å². The molecule has 0 bridgehead atoms. The smallest absolute Gasteiger partial charge is 0.411 e. The minimum absolute atomic E-state index is 0.117. The molecular weight excluding hydrogens is 484 g/mol. The molecule has 0 spiro atoms. The van der Waals surface area contributed by atoms with Gasteiger partial charge in [0.05, 0.1) is 28.4 Å². The van der Waals surface area contributed by atoms with Gasteiger partial charge in [-0.1, -0.05) is 15.9 Å². The van der Waals surface area contributed by atoms with Crippen LogP contribution in [0.3, 0.4) is 0 Å². The summed E-state index contributed by atoms with van der Waals surface area (Å²) in [7, 11) is 0. The van der Waals surface area contributed by atoms with E-state index in [1.54, 1.807) is 26.8 Å². The van der Waals surface area contributed by atoms with E-state index >= 15 is 0 Å². The van der Waals surface area contributed by atoms with Gasteiger partial charge in [-0.05, 0) is 45.9 Å². The summed E-state index contributed by atoms with van der Waals surface area (Å²) >= 11 is 4.18. The van der Waals surface area contributed by atoms with Crippen molar-refractivity contribution in [3.63, 3.8) is 0 Å². The van der Waals surface area contributed by atoms with Gasteiger partial charge in [-0.3, -0.25) is 14.5 Å². The van der Waals surface area contributed by atoms with Gasteiger partial charge >= 0.3 is 6.09 Å². The van der Waals surface area contributed by atoms with Crippen molar-refractivity contribution >= 4 is 51.3 Å². The molecule has 30 heavy (non-hydrogen) atoms. The van der Waals surface area contributed by atoms with Gasteiger partial charge in [-0.15, -0.1) is 11.8 Å². The molecule has 0 aromatic heterocycles. The molecule has 1 aromatic carbocycles. The number of nitrogens with two attached hydrogens (primary N) is 1. The maximum atomic E-state index is 14.0. The lowest BCUT2D eigenvalue weighted by Crippen LogP contribution is -2.40. The van der Waals surface area contributed by atoms with Crippen LogP contribution in [-0.4, -0.2) is 51.5 Å². The largest absolute Gasteiger partial charge is 0.444 e. The van der Waals surface area contributed by atoms with Crippen molar-refractivity contribution in [2.24, 2.45) is 5.73 Å². The molecule has 2 rings (SSSR count). The summed E-state index contributed by atoms with van der Waals surface area (Å²) in [5, 5.41) is 0.863. The van der Waals surface area contributed by atoms with Gasteiger partial charge in [0, 0.05) is 10.9 Å². The Morgan fingerprint density at radius 1 is 1.37 bits per heavy atom. The molecule has 0 radical (unpaired) electrons. The van der Waals surface area contributed by atoms with Crippen LogP contribution in [-0.2, 0) is 9.53 Å². The van der Waals surface area contributed by atoms with Gasteiger partial charge in [-0.2, -0.15) is 0 Å². The third-order valence-electron chi connectivity index (χ3n) is 4.09. The van der Waals surface area contributed by atoms with E-state index in [2.05, 4.69) is 21.2 Å². The third-order valence-corrected chi connectivity index (χ3v) is 5.94. The Kier molecular flexibility index (Phi) is 7.39. The van der Waals surface area contributed by atoms with Crippen molar-refractivity contribution in [1.29, 1.82) is 0 Å². The molecule has 3 N–H and O–H groups in total. The Labute approximate surface area is 186 Å². The second kappa shape index (κ2) is 9.09. The van der Waals surface area contributed by atoms with Crippen molar-refractivity contribution in [2.75, 3.05) is 11.9 Å². The lowest BCUT2D eigenvalue weighted by Gasteiger charge is -2.28. The van der Waals surface area contributed by atoms with Crippen LogP contribution in [0.5, 0.6) is 0 Å². The Hall–Kier alpha value is -1.88. The number of hydrogen-bond donors (Lipinski definition) is 2. The fraction of sp³-hybridized carbons (Fsp3) is 0.526. The molecule has 1 heterocycles. The molecule has 1 unspecified atom stereocenters. The van der Waals surface area contributed by atoms with Crippen LogP contribution in [0.15, 0.2) is 22.7 Å². The lowest BCUT2D eigenvalue weighted by atomic mass is 10.1. The number of nitrogens with one attached hydrogen (secondary N) is 1. The molecule has 0 aliphatic carbocycles. The van der Waals surface area contributed by atoms with E-state index in [0.29, 0.717) is 4.47 Å². The van der Waals surface area contributed by atoms with Crippen LogP contribution in [0.25, 0.3) is 0 Å². The number of alkyl halides is 2. The van der Waals surface area contributed by atoms with E-state index in [9.17, 15) is 23.2 Å². The fourth-order valence-corrected chi connectivity index (χ4v) is 4.43. The molecule has 166 valence electrons. The van der Waals surface area contributed by atoms with E-state index < -0.39 is 53.0 Å². The third kappa shape index (κ3) is 6.56. The molecule has 11 heteroatoms. The molecule has 1 aromatic rings. The molecule has 1 aliphatic rings. The van der Waals surface area contributed by atoms with Crippen LogP contribution in [0.4, 0.5) is 19.3 Å². The SMILES string of the molecule is C[C@H](SC1CC(F)(F)CN1C(=O)OC(C)(C)C)C(=O)Nc1cc(Br)ccc1C(N)=O. The van der Waals surface area contributed by atoms with Gasteiger partial charge in [0.15, 0.2) is 0 Å². The first-order chi connectivity index (χ1) is 13.7. The van der Waals surface area contributed by atoms with Crippen LogP contribution >= 0.6 is 27.7 Å². The number of likely N-dealkylation sites (tertiary alicyclic amines) is 1. The summed E-state index contributed by atoms with van der Waals surface area (Å²) in [4.78, 5) is 37.5. The predicted molar refractivity (Wildman–Crippen MR) is 115 cm³/mol. The zero-order valence-electron chi connectivity index (χ0n) is 17.0. The number of ether oxygens (including phenoxy) is 1. The van der Waals surface area contributed by atoms with Crippen molar-refractivity contribution in [3.8, 4) is 0 Å². The van der Waals surface area contributed by atoms with Crippen molar-refractivity contribution in [3.05, 3.63) is 28.2 Å². The number of carbonyl (C=O) groups is 3. The van der Waals surface area contributed by atoms with Crippen LogP contribution < -0.4 is 11.1 Å². The first kappa shape index (κ1) is 24.4. The van der Waals surface area contributed by atoms with E-state index in [1.165, 1.54) is 19.1 Å². The number of amides is 3. The van der Waals surface area contributed by atoms with E-state index in [0.717, 1.165) is 16.7 Å². The number of thioether (sulfide) groups is 1. The molecular formula is C19H24BrF2N3O4S. The van der Waals surface area contributed by atoms with Crippen LogP contribution in [0, 0.1) is 0 Å². The number of carbonyl (C=O) groups excluding carboxylic acids is 3. The minimum atomic E-state index is -3.08. The Bertz CT molecular complexity index is 848. The highest BCUT2D eigenvalue weighted by molar-refractivity contribution is 9.10. The standard InChI is InChI=1S/C19H24BrF2N3O4S/c1-10(16(27)24-13-7-11(20)5-6-12(13)15(23)26)30-14-8-19(21,22)9-25(14)17(28)29-18(2,3)4/h5-7,10,14H,8-9H2,1-4H3,(H2,23,26)(H,24,27)/t10-,14?/m0/s1. The molecule has 1 saturated heterocycles. The number of anilines is 1. The number of primary amides is 1. The lowest BCUT2D eigenvalue weighted by molar-refractivity contribution is -0.115. The molecule has 3 amide bonds. The number of benzene rings is 1. The van der Waals surface area contributed by atoms with Crippen molar-refractivity contribution in [2.45, 2.75) is 56.3 Å². The highest BCUT2D eigenvalue weighted by Crippen LogP contribution is 2.40. The van der Waals surface area contributed by atoms with Crippen molar-refractivity contribution in [1.82, 2.24) is 4.90 Å². The summed E-state index contributed by atoms with van der Waals surface area (Å²) in [5.41, 5.74) is 4.81. The normalized spacial score (nSPS) is 19.3. The molecule has 7 nitrogen and oxygen atoms in total. The van der Waals surface area contributed by atoms with Gasteiger partial charge in [0.1, 0.15) is 5.60 Å². The average molecular weight is 508 g/mol. The van der Waals surface area contributed by atoms with Gasteiger partial charge in [0.2, 0.25) is 5.91 Å². The molecule has 1 aliphatic heterocycles. The number of rotatable bonds is 5. The molecule has 0 saturated carbocycles. The number of halogens is 3. The first-order valence-electron chi connectivity index (χ1n) is 9.12. The summed E-state index contributed by atoms with van der Waals surface area (Å²) in [5.74, 6) is -4.31. The second-order valence-corrected chi connectivity index (χ2v) is 10.4. The maximum absolute atomic E-state index is 14.0. The molecule has 1 fully saturated rings. The number of hydrogen-bond acceptors (Lipinski definition) is 5. The highest BCUT2D eigenvalue weighted by Gasteiger charge is 2.49. The van der Waals surface area contributed by atoms with E-state index in [-0.39, 0.29) is 11.3 Å². The zero-order chi connectivity index (χ0) is 22.9. The summed E-state index contributed by atoms with van der Waals surface area (Å²) in [6, 6.07) is 4.58. The topological polar surface area (TPSA) is 102 Å². The highest BCUT2D eigenvalue weighted by atomic mass is 79.9. The van der Waals surface area contributed by atoms with Gasteiger partial charge in [-0.25, -0.2) is 13.6 Å². The zero-order valence-corrected chi connectivity index (χ0v) is 19.4. The Balaban J connectivity index is 2.12. The Morgan fingerprint density at radius 3 is 2.57 bits per heavy atom. The van der Waals surface area contributed by atoms with Gasteiger partial charge in [0.25, 0.3) is 11.8 Å². The summed E-state index contributed by atoms with van der Waals surface area (Å²) in [6.45, 7) is 5.69. The first-order valence-corrected chi connectivity index (χ1v) is 10.9. The predicted octanol–water partition coefficient (Wildman–Crippen LogP) is 4.21. The van der Waals surface area contributed by atoms with Crippen LogP contribution in [0.2, 0.25) is 0 Å². The Morgan fingerprint density at radius 2 is 2.00 bits per heavy atom. The van der Waals surface area contributed by atoms with E-state index in [4.69, 9.17) is 10.5 Å². The van der Waals surface area contributed by atoms with E-state index in [1.807, 2.05) is 0 Å².